The summed E-state index contributed by atoms with van der Waals surface area (Å²) >= 11 is 0. The van der Waals surface area contributed by atoms with Crippen molar-refractivity contribution in [3.05, 3.63) is 29.8 Å². The summed E-state index contributed by atoms with van der Waals surface area (Å²) in [5.41, 5.74) is 11.6. The van der Waals surface area contributed by atoms with E-state index in [0.29, 0.717) is 18.5 Å². The molecular formula is C10H13F3N2O. The molecule has 3 nitrogen and oxygen atoms in total. The van der Waals surface area contributed by atoms with Crippen LogP contribution in [0.15, 0.2) is 24.3 Å². The molecule has 4 N–H and O–H groups in total. The number of ether oxygens (including phenoxy) is 1. The molecule has 1 atom stereocenters. The summed E-state index contributed by atoms with van der Waals surface area (Å²) in [7, 11) is 0. The van der Waals surface area contributed by atoms with Gasteiger partial charge in [0.05, 0.1) is 0 Å². The largest absolute Gasteiger partial charge is 0.573 e. The van der Waals surface area contributed by atoms with Crippen molar-refractivity contribution in [2.75, 3.05) is 6.54 Å². The lowest BCUT2D eigenvalue weighted by molar-refractivity contribution is -0.274. The van der Waals surface area contributed by atoms with Crippen LogP contribution in [0.2, 0.25) is 0 Å². The predicted octanol–water partition coefficient (Wildman–Crippen LogP) is 1.93. The molecule has 0 amide bonds. The molecule has 0 saturated carbocycles. The Bertz CT molecular complexity index is 341. The number of rotatable bonds is 4. The van der Waals surface area contributed by atoms with Crippen molar-refractivity contribution in [1.29, 1.82) is 0 Å². The van der Waals surface area contributed by atoms with Crippen LogP contribution < -0.4 is 16.2 Å². The number of nitrogens with two attached hydrogens (primary N) is 2. The molecule has 0 aliphatic rings. The fourth-order valence-electron chi connectivity index (χ4n) is 1.29. The monoisotopic (exact) mass is 234 g/mol. The fourth-order valence-corrected chi connectivity index (χ4v) is 1.29. The summed E-state index contributed by atoms with van der Waals surface area (Å²) in [5, 5.41) is 0. The van der Waals surface area contributed by atoms with Crippen molar-refractivity contribution in [2.24, 2.45) is 11.5 Å². The van der Waals surface area contributed by atoms with Gasteiger partial charge in [0, 0.05) is 6.04 Å². The van der Waals surface area contributed by atoms with Crippen LogP contribution in [0.4, 0.5) is 13.2 Å². The predicted molar refractivity (Wildman–Crippen MR) is 53.7 cm³/mol. The van der Waals surface area contributed by atoms with Gasteiger partial charge in [-0.15, -0.1) is 13.2 Å². The Hall–Kier alpha value is -1.27. The molecule has 1 rings (SSSR count). The van der Waals surface area contributed by atoms with E-state index in [9.17, 15) is 13.2 Å². The Kier molecular flexibility index (Phi) is 4.14. The van der Waals surface area contributed by atoms with Crippen LogP contribution in [0, 0.1) is 0 Å². The van der Waals surface area contributed by atoms with Gasteiger partial charge >= 0.3 is 6.36 Å². The van der Waals surface area contributed by atoms with E-state index in [4.69, 9.17) is 11.5 Å². The molecule has 0 aromatic heterocycles. The molecule has 1 aromatic carbocycles. The Morgan fingerprint density at radius 2 is 2.00 bits per heavy atom. The topological polar surface area (TPSA) is 61.3 Å². The summed E-state index contributed by atoms with van der Waals surface area (Å²) < 4.78 is 39.6. The van der Waals surface area contributed by atoms with Crippen molar-refractivity contribution < 1.29 is 17.9 Å². The van der Waals surface area contributed by atoms with Crippen molar-refractivity contribution in [3.8, 4) is 5.75 Å². The Balaban J connectivity index is 2.78. The summed E-state index contributed by atoms with van der Waals surface area (Å²) in [5.74, 6) is -0.266. The second kappa shape index (κ2) is 5.18. The minimum atomic E-state index is -4.68. The third-order valence-electron chi connectivity index (χ3n) is 2.00. The highest BCUT2D eigenvalue weighted by atomic mass is 19.4. The zero-order valence-corrected chi connectivity index (χ0v) is 8.50. The van der Waals surface area contributed by atoms with Gasteiger partial charge in [-0.05, 0) is 30.7 Å². The molecule has 0 saturated heterocycles. The summed E-state index contributed by atoms with van der Waals surface area (Å²) in [6.07, 6.45) is -4.17. The minimum absolute atomic E-state index is 0.266. The van der Waals surface area contributed by atoms with Gasteiger partial charge in [0.1, 0.15) is 5.75 Å². The van der Waals surface area contributed by atoms with Crippen LogP contribution in [0.1, 0.15) is 18.0 Å². The fraction of sp³-hybridized carbons (Fsp3) is 0.400. The molecule has 0 heterocycles. The molecule has 1 aromatic rings. The highest BCUT2D eigenvalue weighted by Gasteiger charge is 2.31. The normalized spacial score (nSPS) is 13.6. The SMILES string of the molecule is NCC[C@@H](N)c1cccc(OC(F)(F)F)c1. The van der Waals surface area contributed by atoms with Gasteiger partial charge in [-0.1, -0.05) is 12.1 Å². The zero-order valence-electron chi connectivity index (χ0n) is 8.50. The van der Waals surface area contributed by atoms with Crippen LogP contribution in [0.25, 0.3) is 0 Å². The van der Waals surface area contributed by atoms with E-state index < -0.39 is 6.36 Å². The zero-order chi connectivity index (χ0) is 12.2. The van der Waals surface area contributed by atoms with Gasteiger partial charge in [-0.2, -0.15) is 0 Å². The molecule has 0 aliphatic carbocycles. The Morgan fingerprint density at radius 1 is 1.31 bits per heavy atom. The highest BCUT2D eigenvalue weighted by molar-refractivity contribution is 5.30. The number of hydrogen-bond acceptors (Lipinski definition) is 3. The molecular weight excluding hydrogens is 221 g/mol. The highest BCUT2D eigenvalue weighted by Crippen LogP contribution is 2.25. The first kappa shape index (κ1) is 12.8. The molecule has 6 heteroatoms. The molecule has 0 unspecified atom stereocenters. The first-order valence-electron chi connectivity index (χ1n) is 4.74. The van der Waals surface area contributed by atoms with Crippen molar-refractivity contribution in [2.45, 2.75) is 18.8 Å². The van der Waals surface area contributed by atoms with Crippen LogP contribution in [0.5, 0.6) is 5.75 Å². The van der Waals surface area contributed by atoms with Gasteiger partial charge in [-0.3, -0.25) is 0 Å². The van der Waals surface area contributed by atoms with E-state index in [0.717, 1.165) is 0 Å². The maximum Gasteiger partial charge on any atom is 0.573 e. The van der Waals surface area contributed by atoms with Gasteiger partial charge in [-0.25, -0.2) is 0 Å². The van der Waals surface area contributed by atoms with Crippen molar-refractivity contribution in [3.63, 3.8) is 0 Å². The first-order valence-corrected chi connectivity index (χ1v) is 4.74. The Labute approximate surface area is 91.2 Å². The molecule has 16 heavy (non-hydrogen) atoms. The first-order chi connectivity index (χ1) is 7.42. The lowest BCUT2D eigenvalue weighted by Gasteiger charge is -2.13. The molecule has 0 bridgehead atoms. The maximum atomic E-state index is 11.9. The molecule has 0 aliphatic heterocycles. The third-order valence-corrected chi connectivity index (χ3v) is 2.00. The molecule has 90 valence electrons. The molecule has 0 spiro atoms. The minimum Gasteiger partial charge on any atom is -0.406 e. The lowest BCUT2D eigenvalue weighted by Crippen LogP contribution is -2.18. The lowest BCUT2D eigenvalue weighted by atomic mass is 10.0. The van der Waals surface area contributed by atoms with Crippen LogP contribution >= 0.6 is 0 Å². The van der Waals surface area contributed by atoms with Crippen LogP contribution in [-0.2, 0) is 0 Å². The number of benzene rings is 1. The summed E-state index contributed by atoms with van der Waals surface area (Å²) in [4.78, 5) is 0. The van der Waals surface area contributed by atoms with Crippen molar-refractivity contribution >= 4 is 0 Å². The van der Waals surface area contributed by atoms with Gasteiger partial charge in [0.15, 0.2) is 0 Å². The van der Waals surface area contributed by atoms with Crippen molar-refractivity contribution in [1.82, 2.24) is 0 Å². The van der Waals surface area contributed by atoms with Crippen LogP contribution in [-0.4, -0.2) is 12.9 Å². The average molecular weight is 234 g/mol. The molecule has 0 fully saturated rings. The second-order valence-electron chi connectivity index (χ2n) is 3.30. The van der Waals surface area contributed by atoms with Gasteiger partial charge in [0.2, 0.25) is 0 Å². The smallest absolute Gasteiger partial charge is 0.406 e. The average Bonchev–Trinajstić information content (AvgIpc) is 2.16. The van der Waals surface area contributed by atoms with E-state index in [-0.39, 0.29) is 11.8 Å². The molecule has 0 radical (unpaired) electrons. The number of hydrogen-bond donors (Lipinski definition) is 2. The summed E-state index contributed by atoms with van der Waals surface area (Å²) in [6.45, 7) is 0.380. The second-order valence-corrected chi connectivity index (χ2v) is 3.30. The number of alkyl halides is 3. The summed E-state index contributed by atoms with van der Waals surface area (Å²) in [6, 6.07) is 5.23. The maximum absolute atomic E-state index is 11.9. The third kappa shape index (κ3) is 4.08. The van der Waals surface area contributed by atoms with E-state index in [1.807, 2.05) is 0 Å². The van der Waals surface area contributed by atoms with E-state index in [2.05, 4.69) is 4.74 Å². The van der Waals surface area contributed by atoms with E-state index in [1.54, 1.807) is 6.07 Å². The Morgan fingerprint density at radius 3 is 2.56 bits per heavy atom. The number of halogens is 3. The van der Waals surface area contributed by atoms with Crippen LogP contribution in [0.3, 0.4) is 0 Å². The quantitative estimate of drug-likeness (QED) is 0.836. The van der Waals surface area contributed by atoms with Gasteiger partial charge < -0.3 is 16.2 Å². The van der Waals surface area contributed by atoms with Gasteiger partial charge in [0.25, 0.3) is 0 Å². The standard InChI is InChI=1S/C10H13F3N2O/c11-10(12,13)16-8-3-1-2-7(6-8)9(15)4-5-14/h1-3,6,9H,4-5,14-15H2/t9-/m1/s1. The van der Waals surface area contributed by atoms with E-state index >= 15 is 0 Å². The van der Waals surface area contributed by atoms with E-state index in [1.165, 1.54) is 18.2 Å².